The van der Waals surface area contributed by atoms with Gasteiger partial charge in [-0.3, -0.25) is 4.79 Å². The molecule has 0 amide bonds. The molecule has 0 saturated heterocycles. The fourth-order valence-corrected chi connectivity index (χ4v) is 2.78. The number of nitrogens with one attached hydrogen (secondary N) is 1. The first-order chi connectivity index (χ1) is 9.73. The molecule has 2 atom stereocenters. The zero-order valence-electron chi connectivity index (χ0n) is 12.9. The molecule has 1 aromatic heterocycles. The number of anilines is 1. The van der Waals surface area contributed by atoms with E-state index >= 15 is 0 Å². The summed E-state index contributed by atoms with van der Waals surface area (Å²) in [6, 6.07) is 0.141. The molecule has 1 saturated carbocycles. The van der Waals surface area contributed by atoms with Crippen molar-refractivity contribution in [1.29, 1.82) is 0 Å². The highest BCUT2D eigenvalue weighted by molar-refractivity contribution is 9.10. The Hall–Kier alpha value is -0.920. The van der Waals surface area contributed by atoms with Gasteiger partial charge in [-0.25, -0.2) is 4.68 Å². The van der Waals surface area contributed by atoms with Crippen LogP contribution in [-0.4, -0.2) is 52.6 Å². The van der Waals surface area contributed by atoms with Crippen LogP contribution in [0.3, 0.4) is 0 Å². The minimum Gasteiger partial charge on any atom is -0.392 e. The molecule has 0 spiro atoms. The van der Waals surface area contributed by atoms with Crippen LogP contribution < -0.4 is 10.9 Å². The van der Waals surface area contributed by atoms with E-state index in [1.807, 2.05) is 32.8 Å². The second-order valence-electron chi connectivity index (χ2n) is 6.47. The maximum atomic E-state index is 12.3. The molecule has 7 heteroatoms. The van der Waals surface area contributed by atoms with Gasteiger partial charge in [0, 0.05) is 18.0 Å². The number of rotatable bonds is 5. The van der Waals surface area contributed by atoms with Gasteiger partial charge in [0.05, 0.1) is 24.5 Å². The van der Waals surface area contributed by atoms with Crippen molar-refractivity contribution >= 4 is 21.6 Å². The smallest absolute Gasteiger partial charge is 0.283 e. The van der Waals surface area contributed by atoms with Crippen molar-refractivity contribution in [3.63, 3.8) is 0 Å². The molecule has 2 unspecified atom stereocenters. The zero-order valence-corrected chi connectivity index (χ0v) is 14.5. The number of aliphatic hydroxyl groups excluding tert-OH is 1. The fraction of sp³-hybridized carbons (Fsp3) is 0.714. The average Bonchev–Trinajstić information content (AvgIpc) is 2.42. The number of aromatic nitrogens is 2. The van der Waals surface area contributed by atoms with E-state index in [2.05, 4.69) is 26.3 Å². The van der Waals surface area contributed by atoms with Crippen LogP contribution in [0.5, 0.6) is 0 Å². The minimum atomic E-state index is -0.304. The molecule has 0 radical (unpaired) electrons. The standard InChI is InChI=1S/C14H23BrN4O2/c1-14(2)10(7-11(14)20)17-9-8-16-19(6-5-18(3)4)13(21)12(9)15/h8,10-11,17,20H,5-7H2,1-4H3. The lowest BCUT2D eigenvalue weighted by atomic mass is 9.64. The average molecular weight is 359 g/mol. The second-order valence-corrected chi connectivity index (χ2v) is 7.27. The van der Waals surface area contributed by atoms with Crippen molar-refractivity contribution in [3.8, 4) is 0 Å². The molecule has 2 N–H and O–H groups in total. The summed E-state index contributed by atoms with van der Waals surface area (Å²) in [6.45, 7) is 5.34. The van der Waals surface area contributed by atoms with Gasteiger partial charge < -0.3 is 15.3 Å². The van der Waals surface area contributed by atoms with Gasteiger partial charge in [0.1, 0.15) is 4.47 Å². The third-order valence-electron chi connectivity index (χ3n) is 4.29. The van der Waals surface area contributed by atoms with E-state index in [9.17, 15) is 9.90 Å². The molecular weight excluding hydrogens is 336 g/mol. The number of halogens is 1. The summed E-state index contributed by atoms with van der Waals surface area (Å²) in [5.74, 6) is 0. The van der Waals surface area contributed by atoms with E-state index in [0.717, 1.165) is 6.54 Å². The molecule has 0 aromatic carbocycles. The Morgan fingerprint density at radius 2 is 2.24 bits per heavy atom. The molecular formula is C14H23BrN4O2. The predicted octanol–water partition coefficient (Wildman–Crippen LogP) is 1.14. The topological polar surface area (TPSA) is 70.4 Å². The maximum absolute atomic E-state index is 12.3. The first-order valence-corrected chi connectivity index (χ1v) is 7.87. The number of hydrogen-bond acceptors (Lipinski definition) is 5. The Balaban J connectivity index is 2.12. The largest absolute Gasteiger partial charge is 0.392 e. The number of hydrogen-bond donors (Lipinski definition) is 2. The van der Waals surface area contributed by atoms with Gasteiger partial charge >= 0.3 is 0 Å². The summed E-state index contributed by atoms with van der Waals surface area (Å²) < 4.78 is 1.95. The van der Waals surface area contributed by atoms with Crippen LogP contribution in [0.4, 0.5) is 5.69 Å². The summed E-state index contributed by atoms with van der Waals surface area (Å²) in [5, 5.41) is 17.3. The van der Waals surface area contributed by atoms with E-state index in [-0.39, 0.29) is 23.1 Å². The Labute approximate surface area is 133 Å². The second kappa shape index (κ2) is 6.06. The van der Waals surface area contributed by atoms with Crippen molar-refractivity contribution in [2.75, 3.05) is 26.0 Å². The van der Waals surface area contributed by atoms with Gasteiger partial charge in [-0.2, -0.15) is 5.10 Å². The molecule has 2 rings (SSSR count). The SMILES string of the molecule is CN(C)CCn1ncc(NC2CC(O)C2(C)C)c(Br)c1=O. The molecule has 1 aromatic rings. The molecule has 21 heavy (non-hydrogen) atoms. The van der Waals surface area contributed by atoms with Crippen molar-refractivity contribution in [2.24, 2.45) is 5.41 Å². The maximum Gasteiger partial charge on any atom is 0.283 e. The van der Waals surface area contributed by atoms with Gasteiger partial charge in [-0.05, 0) is 36.4 Å². The molecule has 0 aliphatic heterocycles. The number of aliphatic hydroxyl groups is 1. The molecule has 1 aliphatic rings. The minimum absolute atomic E-state index is 0.139. The Morgan fingerprint density at radius 1 is 1.57 bits per heavy atom. The van der Waals surface area contributed by atoms with Gasteiger partial charge in [-0.15, -0.1) is 0 Å². The van der Waals surface area contributed by atoms with Gasteiger partial charge in [0.15, 0.2) is 0 Å². The fourth-order valence-electron chi connectivity index (χ4n) is 2.35. The molecule has 6 nitrogen and oxygen atoms in total. The van der Waals surface area contributed by atoms with E-state index in [0.29, 0.717) is 23.1 Å². The Bertz CT molecular complexity index is 571. The summed E-state index contributed by atoms with van der Waals surface area (Å²) in [7, 11) is 3.92. The van der Waals surface area contributed by atoms with Crippen LogP contribution in [0.1, 0.15) is 20.3 Å². The van der Waals surface area contributed by atoms with Crippen molar-refractivity contribution in [2.45, 2.75) is 39.0 Å². The molecule has 1 aliphatic carbocycles. The first kappa shape index (κ1) is 16.5. The number of nitrogens with zero attached hydrogens (tertiary/aromatic N) is 3. The van der Waals surface area contributed by atoms with Crippen LogP contribution in [0.15, 0.2) is 15.5 Å². The summed E-state index contributed by atoms with van der Waals surface area (Å²) >= 11 is 3.36. The van der Waals surface area contributed by atoms with Gasteiger partial charge in [0.25, 0.3) is 5.56 Å². The van der Waals surface area contributed by atoms with Crippen molar-refractivity contribution < 1.29 is 5.11 Å². The van der Waals surface area contributed by atoms with Crippen LogP contribution >= 0.6 is 15.9 Å². The first-order valence-electron chi connectivity index (χ1n) is 7.08. The van der Waals surface area contributed by atoms with Crippen LogP contribution in [0.25, 0.3) is 0 Å². The summed E-state index contributed by atoms with van der Waals surface area (Å²) in [4.78, 5) is 14.3. The predicted molar refractivity (Wildman–Crippen MR) is 86.6 cm³/mol. The Morgan fingerprint density at radius 3 is 2.76 bits per heavy atom. The molecule has 1 heterocycles. The highest BCUT2D eigenvalue weighted by Gasteiger charge is 2.47. The third-order valence-corrected chi connectivity index (χ3v) is 5.06. The quantitative estimate of drug-likeness (QED) is 0.825. The highest BCUT2D eigenvalue weighted by Crippen LogP contribution is 2.42. The molecule has 1 fully saturated rings. The monoisotopic (exact) mass is 358 g/mol. The Kier molecular flexibility index (Phi) is 4.75. The lowest BCUT2D eigenvalue weighted by Crippen LogP contribution is -2.57. The van der Waals surface area contributed by atoms with Crippen LogP contribution in [-0.2, 0) is 6.54 Å². The van der Waals surface area contributed by atoms with Crippen LogP contribution in [0, 0.1) is 5.41 Å². The highest BCUT2D eigenvalue weighted by atomic mass is 79.9. The van der Waals surface area contributed by atoms with Crippen molar-refractivity contribution in [3.05, 3.63) is 21.0 Å². The third kappa shape index (κ3) is 3.30. The van der Waals surface area contributed by atoms with E-state index in [1.165, 1.54) is 4.68 Å². The van der Waals surface area contributed by atoms with E-state index in [4.69, 9.17) is 0 Å². The normalized spacial score (nSPS) is 24.0. The lowest BCUT2D eigenvalue weighted by molar-refractivity contribution is -0.0510. The van der Waals surface area contributed by atoms with Crippen LogP contribution in [0.2, 0.25) is 0 Å². The van der Waals surface area contributed by atoms with Gasteiger partial charge in [0.2, 0.25) is 0 Å². The molecule has 0 bridgehead atoms. The van der Waals surface area contributed by atoms with E-state index < -0.39 is 0 Å². The lowest BCUT2D eigenvalue weighted by Gasteiger charge is -2.49. The van der Waals surface area contributed by atoms with E-state index in [1.54, 1.807) is 6.20 Å². The van der Waals surface area contributed by atoms with Gasteiger partial charge in [-0.1, -0.05) is 13.8 Å². The summed E-state index contributed by atoms with van der Waals surface area (Å²) in [5.41, 5.74) is 0.352. The van der Waals surface area contributed by atoms with Crippen molar-refractivity contribution in [1.82, 2.24) is 14.7 Å². The molecule has 118 valence electrons. The number of likely N-dealkylation sites (N-methyl/N-ethyl adjacent to an activating group) is 1. The zero-order chi connectivity index (χ0) is 15.8. The summed E-state index contributed by atoms with van der Waals surface area (Å²) in [6.07, 6.45) is 2.05.